The maximum atomic E-state index is 12.7. The predicted molar refractivity (Wildman–Crippen MR) is 127 cm³/mol. The second-order valence-electron chi connectivity index (χ2n) is 8.16. The van der Waals surface area contributed by atoms with Crippen LogP contribution in [-0.4, -0.2) is 62.5 Å². The molecule has 37 heavy (non-hydrogen) atoms. The average Bonchev–Trinajstić information content (AvgIpc) is 3.32. The number of fused-ring (bicyclic) bond motifs is 1. The van der Waals surface area contributed by atoms with Crippen LogP contribution in [0.5, 0.6) is 5.75 Å². The Balaban J connectivity index is 1.37. The maximum Gasteiger partial charge on any atom is 0.352 e. The van der Waals surface area contributed by atoms with Gasteiger partial charge in [0.2, 0.25) is 0 Å². The minimum Gasteiger partial charge on any atom is -0.486 e. The predicted octanol–water partition coefficient (Wildman–Crippen LogP) is 1.99. The molecule has 194 valence electrons. The largest absolute Gasteiger partial charge is 0.486 e. The van der Waals surface area contributed by atoms with Gasteiger partial charge >= 0.3 is 11.9 Å². The van der Waals surface area contributed by atoms with Crippen molar-refractivity contribution < 1.29 is 43.1 Å². The van der Waals surface area contributed by atoms with Gasteiger partial charge < -0.3 is 24.3 Å². The molecule has 0 aliphatic carbocycles. The zero-order valence-electron chi connectivity index (χ0n) is 19.6. The van der Waals surface area contributed by atoms with Crippen molar-refractivity contribution in [3.8, 4) is 5.75 Å². The highest BCUT2D eigenvalue weighted by atomic mass is 32.2. The second-order valence-corrected chi connectivity index (χ2v) is 9.26. The second kappa shape index (κ2) is 10.3. The number of carbonyl (C=O) groups is 4. The number of nitro groups is 1. The van der Waals surface area contributed by atoms with E-state index in [4.69, 9.17) is 13.9 Å². The molecule has 0 unspecified atom stereocenters. The van der Waals surface area contributed by atoms with Crippen molar-refractivity contribution >= 4 is 41.2 Å². The molecule has 0 bridgehead atoms. The average molecular weight is 531 g/mol. The van der Waals surface area contributed by atoms with Crippen LogP contribution in [0.4, 0.5) is 5.69 Å². The number of hydrogen-bond acceptors (Lipinski definition) is 10. The van der Waals surface area contributed by atoms with Crippen LogP contribution in [0.2, 0.25) is 0 Å². The number of nitrogens with one attached hydrogen (secondary N) is 1. The zero-order valence-corrected chi connectivity index (χ0v) is 20.4. The van der Waals surface area contributed by atoms with Crippen LogP contribution < -0.4 is 10.1 Å². The highest BCUT2D eigenvalue weighted by Crippen LogP contribution is 2.40. The van der Waals surface area contributed by atoms with Crippen LogP contribution in [-0.2, 0) is 25.7 Å². The fraction of sp³-hybridized carbons (Fsp3) is 0.304. The van der Waals surface area contributed by atoms with Crippen molar-refractivity contribution in [1.82, 2.24) is 10.2 Å². The summed E-state index contributed by atoms with van der Waals surface area (Å²) in [5.41, 5.74) is 0.442. The molecule has 13 nitrogen and oxygen atoms in total. The van der Waals surface area contributed by atoms with E-state index >= 15 is 0 Å². The topological polar surface area (TPSA) is 179 Å². The first-order valence-corrected chi connectivity index (χ1v) is 11.9. The van der Waals surface area contributed by atoms with Gasteiger partial charge in [-0.2, -0.15) is 0 Å². The molecule has 2 aromatic rings. The van der Waals surface area contributed by atoms with Crippen molar-refractivity contribution in [3.05, 3.63) is 68.8 Å². The molecule has 14 heteroatoms. The number of furan rings is 1. The summed E-state index contributed by atoms with van der Waals surface area (Å²) in [5, 5.41) is 22.5. The number of carbonyl (C=O) groups excluding carboxylic acids is 3. The van der Waals surface area contributed by atoms with Crippen molar-refractivity contribution in [2.45, 2.75) is 31.9 Å². The van der Waals surface area contributed by atoms with Gasteiger partial charge in [-0.15, -0.1) is 11.8 Å². The van der Waals surface area contributed by atoms with Crippen molar-refractivity contribution in [1.29, 1.82) is 0 Å². The Morgan fingerprint density at radius 3 is 2.68 bits per heavy atom. The van der Waals surface area contributed by atoms with Crippen molar-refractivity contribution in [2.24, 2.45) is 0 Å². The molecule has 2 N–H and O–H groups in total. The summed E-state index contributed by atoms with van der Waals surface area (Å²) in [7, 11) is 0. The fourth-order valence-electron chi connectivity index (χ4n) is 3.85. The number of benzene rings is 1. The summed E-state index contributed by atoms with van der Waals surface area (Å²) in [4.78, 5) is 59.8. The minimum absolute atomic E-state index is 0.0314. The van der Waals surface area contributed by atoms with Gasteiger partial charge in [0.05, 0.1) is 4.92 Å². The first-order chi connectivity index (χ1) is 17.6. The van der Waals surface area contributed by atoms with Crippen LogP contribution in [0.3, 0.4) is 0 Å². The first-order valence-electron chi connectivity index (χ1n) is 10.9. The Hall–Kier alpha value is -4.33. The van der Waals surface area contributed by atoms with E-state index in [-0.39, 0.29) is 36.1 Å². The Bertz CT molecular complexity index is 1330. The summed E-state index contributed by atoms with van der Waals surface area (Å²) in [6, 6.07) is 6.26. The lowest BCUT2D eigenvalue weighted by atomic mass is 10.0. The van der Waals surface area contributed by atoms with E-state index in [2.05, 4.69) is 5.32 Å². The van der Waals surface area contributed by atoms with E-state index in [1.807, 2.05) is 0 Å². The lowest BCUT2D eigenvalue weighted by molar-refractivity contribution is -0.385. The highest BCUT2D eigenvalue weighted by Gasteiger charge is 2.54. The van der Waals surface area contributed by atoms with Gasteiger partial charge in [-0.05, 0) is 31.2 Å². The smallest absolute Gasteiger partial charge is 0.352 e. The SMILES string of the molecule is CC(=O)OCC1=C(C(=O)O)N2C(=O)[C@H](NC(=O)c3ccc(COc4ccc([N+](=O)[O-])c(C)c4)o3)[C@@H]2SC1. The molecule has 2 atom stereocenters. The third-order valence-electron chi connectivity index (χ3n) is 5.62. The number of amides is 2. The van der Waals surface area contributed by atoms with Gasteiger partial charge in [0.25, 0.3) is 17.5 Å². The number of nitro benzene ring substituents is 1. The van der Waals surface area contributed by atoms with Crippen molar-refractivity contribution in [2.75, 3.05) is 12.4 Å². The van der Waals surface area contributed by atoms with Gasteiger partial charge in [0.15, 0.2) is 5.76 Å². The normalized spacial score (nSPS) is 18.5. The minimum atomic E-state index is -1.33. The van der Waals surface area contributed by atoms with Gasteiger partial charge in [-0.25, -0.2) is 4.79 Å². The molecular weight excluding hydrogens is 510 g/mol. The molecule has 3 heterocycles. The van der Waals surface area contributed by atoms with E-state index in [0.717, 1.165) is 4.90 Å². The number of nitrogens with zero attached hydrogens (tertiary/aromatic N) is 2. The Kier molecular flexibility index (Phi) is 7.20. The number of rotatable bonds is 9. The standard InChI is InChI=1S/C23H21N3O10S/c1-11-7-14(3-5-16(11)26(32)33)35-9-15-4-6-17(36-15)20(28)24-18-21(29)25-19(23(30)31)13(8-34-12(2)27)10-37-22(18)25/h3-7,18,22H,8-10H2,1-2H3,(H,24,28)(H,30,31)/t18-,22-/m0/s1. The summed E-state index contributed by atoms with van der Waals surface area (Å²) < 4.78 is 16.0. The van der Waals surface area contributed by atoms with E-state index in [9.17, 15) is 34.4 Å². The van der Waals surface area contributed by atoms with Gasteiger partial charge in [0.1, 0.15) is 41.8 Å². The lowest BCUT2D eigenvalue weighted by Gasteiger charge is -2.49. The molecule has 2 aliphatic rings. The fourth-order valence-corrected chi connectivity index (χ4v) is 5.18. The summed E-state index contributed by atoms with van der Waals surface area (Å²) in [5.74, 6) is -2.35. The van der Waals surface area contributed by atoms with Crippen LogP contribution in [0.25, 0.3) is 0 Å². The van der Waals surface area contributed by atoms with E-state index in [1.54, 1.807) is 6.92 Å². The van der Waals surface area contributed by atoms with E-state index in [0.29, 0.717) is 22.6 Å². The van der Waals surface area contributed by atoms with Crippen LogP contribution in [0.1, 0.15) is 28.8 Å². The van der Waals surface area contributed by atoms with Gasteiger partial charge in [-0.3, -0.25) is 29.4 Å². The van der Waals surface area contributed by atoms with Gasteiger partial charge in [-0.1, -0.05) is 0 Å². The maximum absolute atomic E-state index is 12.7. The third-order valence-corrected chi connectivity index (χ3v) is 6.96. The molecule has 2 aliphatic heterocycles. The number of aryl methyl sites for hydroxylation is 1. The Morgan fingerprint density at radius 2 is 2.03 bits per heavy atom. The first kappa shape index (κ1) is 25.8. The number of carboxylic acids is 1. The molecule has 4 rings (SSSR count). The quantitative estimate of drug-likeness (QED) is 0.209. The molecular formula is C23H21N3O10S. The molecule has 0 saturated carbocycles. The number of aliphatic carboxylic acids is 1. The lowest BCUT2D eigenvalue weighted by Crippen LogP contribution is -2.70. The summed E-state index contributed by atoms with van der Waals surface area (Å²) >= 11 is 1.24. The number of carboxylic acid groups (broad SMARTS) is 1. The third kappa shape index (κ3) is 5.28. The monoisotopic (exact) mass is 531 g/mol. The molecule has 1 fully saturated rings. The number of hydrogen-bond donors (Lipinski definition) is 2. The van der Waals surface area contributed by atoms with Crippen LogP contribution in [0.15, 0.2) is 46.0 Å². The molecule has 1 aromatic carbocycles. The number of ether oxygens (including phenoxy) is 2. The van der Waals surface area contributed by atoms with Crippen LogP contribution in [0, 0.1) is 17.0 Å². The molecule has 1 saturated heterocycles. The number of esters is 1. The Labute approximate surface area is 213 Å². The van der Waals surface area contributed by atoms with E-state index in [1.165, 1.54) is 49.0 Å². The molecule has 2 amide bonds. The van der Waals surface area contributed by atoms with Gasteiger partial charge in [0, 0.05) is 29.9 Å². The number of β-lactam (4-membered cyclic amide) rings is 1. The molecule has 0 spiro atoms. The number of thioether (sulfide) groups is 1. The Morgan fingerprint density at radius 1 is 1.27 bits per heavy atom. The summed E-state index contributed by atoms with van der Waals surface area (Å²) in [6.45, 7) is 2.50. The van der Waals surface area contributed by atoms with Crippen LogP contribution >= 0.6 is 11.8 Å². The molecule has 0 radical (unpaired) electrons. The van der Waals surface area contributed by atoms with E-state index < -0.39 is 40.1 Å². The van der Waals surface area contributed by atoms with Crippen molar-refractivity contribution in [3.63, 3.8) is 0 Å². The highest BCUT2D eigenvalue weighted by molar-refractivity contribution is 8.00. The molecule has 1 aromatic heterocycles. The summed E-state index contributed by atoms with van der Waals surface area (Å²) in [6.07, 6.45) is 0. The zero-order chi connectivity index (χ0) is 26.9.